The molecule has 3 atom stereocenters. The van der Waals surface area contributed by atoms with Gasteiger partial charge in [0.2, 0.25) is 0 Å². The van der Waals surface area contributed by atoms with Crippen molar-refractivity contribution in [2.75, 3.05) is 19.8 Å². The minimum absolute atomic E-state index is 0.133. The van der Waals surface area contributed by atoms with Gasteiger partial charge in [-0.3, -0.25) is 4.79 Å². The fourth-order valence-corrected chi connectivity index (χ4v) is 5.11. The van der Waals surface area contributed by atoms with E-state index in [4.69, 9.17) is 14.2 Å². The Morgan fingerprint density at radius 1 is 1.32 bits per heavy atom. The van der Waals surface area contributed by atoms with Crippen molar-refractivity contribution >= 4 is 5.97 Å². The Morgan fingerprint density at radius 3 is 2.64 bits per heavy atom. The molecular weight excluding hydrogens is 280 g/mol. The van der Waals surface area contributed by atoms with E-state index >= 15 is 0 Å². The van der Waals surface area contributed by atoms with Gasteiger partial charge in [0.05, 0.1) is 25.2 Å². The van der Waals surface area contributed by atoms with E-state index in [-0.39, 0.29) is 17.3 Å². The van der Waals surface area contributed by atoms with Gasteiger partial charge in [-0.25, -0.2) is 0 Å². The summed E-state index contributed by atoms with van der Waals surface area (Å²) in [7, 11) is 0. The van der Waals surface area contributed by atoms with Crippen LogP contribution in [0, 0.1) is 16.7 Å². The standard InChI is InChI=1S/C18H28O4/c1-5-20-15(19)17(4)13(2)8-10-16(3)14(17)7-6-9-18(16)21-11-12-22-18/h14H,2,5-12H2,1,3-4H3/t14-,16+,17-/m0/s1. The molecule has 22 heavy (non-hydrogen) atoms. The maximum Gasteiger partial charge on any atom is 0.316 e. The summed E-state index contributed by atoms with van der Waals surface area (Å²) in [5, 5.41) is 0. The minimum atomic E-state index is -0.633. The molecule has 0 N–H and O–H groups in total. The molecule has 3 aliphatic rings. The first-order valence-electron chi connectivity index (χ1n) is 8.54. The van der Waals surface area contributed by atoms with Gasteiger partial charge in [-0.1, -0.05) is 19.1 Å². The number of rotatable bonds is 2. The highest BCUT2D eigenvalue weighted by molar-refractivity contribution is 5.81. The van der Waals surface area contributed by atoms with Gasteiger partial charge in [-0.2, -0.15) is 0 Å². The van der Waals surface area contributed by atoms with Crippen molar-refractivity contribution in [2.45, 2.75) is 58.7 Å². The maximum atomic E-state index is 12.8. The fourth-order valence-electron chi connectivity index (χ4n) is 5.11. The zero-order chi connectivity index (χ0) is 16.0. The van der Waals surface area contributed by atoms with Crippen molar-refractivity contribution in [2.24, 2.45) is 16.7 Å². The van der Waals surface area contributed by atoms with Gasteiger partial charge in [0, 0.05) is 11.8 Å². The number of esters is 1. The second-order valence-electron chi connectivity index (χ2n) is 7.34. The first kappa shape index (κ1) is 16.0. The third-order valence-electron chi connectivity index (χ3n) is 6.47. The highest BCUT2D eigenvalue weighted by atomic mass is 16.7. The molecule has 1 saturated heterocycles. The van der Waals surface area contributed by atoms with E-state index in [0.29, 0.717) is 19.8 Å². The first-order valence-corrected chi connectivity index (χ1v) is 8.54. The molecule has 1 aliphatic heterocycles. The van der Waals surface area contributed by atoms with Gasteiger partial charge in [0.15, 0.2) is 5.79 Å². The Morgan fingerprint density at radius 2 is 2.00 bits per heavy atom. The highest BCUT2D eigenvalue weighted by Crippen LogP contribution is 2.64. The van der Waals surface area contributed by atoms with E-state index in [1.807, 2.05) is 13.8 Å². The van der Waals surface area contributed by atoms with Gasteiger partial charge in [0.1, 0.15) is 0 Å². The summed E-state index contributed by atoms with van der Waals surface area (Å²) < 4.78 is 17.7. The molecule has 2 saturated carbocycles. The van der Waals surface area contributed by atoms with Gasteiger partial charge < -0.3 is 14.2 Å². The third-order valence-corrected chi connectivity index (χ3v) is 6.47. The van der Waals surface area contributed by atoms with Crippen molar-refractivity contribution in [3.63, 3.8) is 0 Å². The first-order chi connectivity index (χ1) is 10.4. The number of carbonyl (C=O) groups excluding carboxylic acids is 1. The Balaban J connectivity index is 2.02. The highest BCUT2D eigenvalue weighted by Gasteiger charge is 2.66. The zero-order valence-corrected chi connectivity index (χ0v) is 14.1. The summed E-state index contributed by atoms with van der Waals surface area (Å²) in [5.74, 6) is -0.497. The van der Waals surface area contributed by atoms with E-state index in [0.717, 1.165) is 37.7 Å². The van der Waals surface area contributed by atoms with Crippen LogP contribution < -0.4 is 0 Å². The lowest BCUT2D eigenvalue weighted by Crippen LogP contribution is -2.62. The zero-order valence-electron chi connectivity index (χ0n) is 14.1. The average Bonchev–Trinajstić information content (AvgIpc) is 2.96. The molecule has 4 nitrogen and oxygen atoms in total. The van der Waals surface area contributed by atoms with Gasteiger partial charge in [-0.05, 0) is 45.4 Å². The van der Waals surface area contributed by atoms with E-state index < -0.39 is 11.2 Å². The van der Waals surface area contributed by atoms with Crippen LogP contribution >= 0.6 is 0 Å². The van der Waals surface area contributed by atoms with Crippen LogP contribution in [-0.4, -0.2) is 31.6 Å². The third kappa shape index (κ3) is 1.93. The Hall–Kier alpha value is -0.870. The Kier molecular flexibility index (Phi) is 3.89. The minimum Gasteiger partial charge on any atom is -0.465 e. The fraction of sp³-hybridized carbons (Fsp3) is 0.833. The van der Waals surface area contributed by atoms with Crippen molar-refractivity contribution in [3.8, 4) is 0 Å². The second-order valence-corrected chi connectivity index (χ2v) is 7.34. The summed E-state index contributed by atoms with van der Waals surface area (Å²) in [6.07, 6.45) is 4.73. The Bertz CT molecular complexity index is 479. The summed E-state index contributed by atoms with van der Waals surface area (Å²) in [4.78, 5) is 12.8. The molecule has 0 bridgehead atoms. The van der Waals surface area contributed by atoms with E-state index in [1.165, 1.54) is 0 Å². The molecule has 1 spiro atoms. The van der Waals surface area contributed by atoms with Gasteiger partial charge in [-0.15, -0.1) is 0 Å². The van der Waals surface area contributed by atoms with E-state index in [2.05, 4.69) is 13.5 Å². The van der Waals surface area contributed by atoms with Gasteiger partial charge >= 0.3 is 5.97 Å². The normalized spacial score (nSPS) is 40.5. The number of hydrogen-bond donors (Lipinski definition) is 0. The summed E-state index contributed by atoms with van der Waals surface area (Å²) in [6, 6.07) is 0. The van der Waals surface area contributed by atoms with Crippen LogP contribution in [0.15, 0.2) is 12.2 Å². The van der Waals surface area contributed by atoms with Crippen LogP contribution in [0.2, 0.25) is 0 Å². The molecule has 0 aromatic heterocycles. The van der Waals surface area contributed by atoms with Crippen LogP contribution in [0.25, 0.3) is 0 Å². The second kappa shape index (κ2) is 5.34. The predicted molar refractivity (Wildman–Crippen MR) is 83.2 cm³/mol. The van der Waals surface area contributed by atoms with E-state index in [1.54, 1.807) is 0 Å². The number of ether oxygens (including phenoxy) is 3. The van der Waals surface area contributed by atoms with Crippen molar-refractivity contribution < 1.29 is 19.0 Å². The molecule has 0 aromatic carbocycles. The van der Waals surface area contributed by atoms with Gasteiger partial charge in [0.25, 0.3) is 0 Å². The summed E-state index contributed by atoms with van der Waals surface area (Å²) in [6.45, 7) is 12.1. The number of fused-ring (bicyclic) bond motifs is 2. The van der Waals surface area contributed by atoms with Crippen LogP contribution in [-0.2, 0) is 19.0 Å². The van der Waals surface area contributed by atoms with Crippen molar-refractivity contribution in [1.82, 2.24) is 0 Å². The smallest absolute Gasteiger partial charge is 0.316 e. The molecule has 0 radical (unpaired) electrons. The lowest BCUT2D eigenvalue weighted by atomic mass is 9.48. The maximum absolute atomic E-state index is 12.8. The molecule has 0 amide bonds. The molecule has 2 aliphatic carbocycles. The molecular formula is C18H28O4. The molecule has 3 rings (SSSR count). The number of carbonyl (C=O) groups is 1. The van der Waals surface area contributed by atoms with Crippen LogP contribution in [0.1, 0.15) is 52.9 Å². The molecule has 4 heteroatoms. The van der Waals surface area contributed by atoms with Crippen molar-refractivity contribution in [1.29, 1.82) is 0 Å². The molecule has 0 unspecified atom stereocenters. The van der Waals surface area contributed by atoms with Crippen LogP contribution in [0.3, 0.4) is 0 Å². The Labute approximate surface area is 133 Å². The lowest BCUT2D eigenvalue weighted by molar-refractivity contribution is -0.285. The molecule has 3 fully saturated rings. The summed E-state index contributed by atoms with van der Waals surface area (Å²) in [5.41, 5.74) is 0.208. The topological polar surface area (TPSA) is 44.8 Å². The monoisotopic (exact) mass is 308 g/mol. The van der Waals surface area contributed by atoms with Crippen molar-refractivity contribution in [3.05, 3.63) is 12.2 Å². The molecule has 0 aromatic rings. The molecule has 1 heterocycles. The van der Waals surface area contributed by atoms with Crippen LogP contribution in [0.5, 0.6) is 0 Å². The number of hydrogen-bond acceptors (Lipinski definition) is 4. The predicted octanol–water partition coefficient (Wildman–Crippen LogP) is 3.46. The van der Waals surface area contributed by atoms with E-state index in [9.17, 15) is 4.79 Å². The lowest BCUT2D eigenvalue weighted by Gasteiger charge is -2.60. The molecule has 124 valence electrons. The average molecular weight is 308 g/mol. The SMILES string of the molecule is C=C1CC[C@]2(C)[C@H](CCCC23OCCO3)[C@@]1(C)C(=O)OCC. The van der Waals surface area contributed by atoms with Crippen LogP contribution in [0.4, 0.5) is 0 Å². The summed E-state index contributed by atoms with van der Waals surface area (Å²) >= 11 is 0. The largest absolute Gasteiger partial charge is 0.465 e. The quantitative estimate of drug-likeness (QED) is 0.579.